The van der Waals surface area contributed by atoms with Crippen LogP contribution in [0.25, 0.3) is 0 Å². The number of hydrogen-bond acceptors (Lipinski definition) is 5. The molecule has 2 N–H and O–H groups in total. The van der Waals surface area contributed by atoms with Crippen molar-refractivity contribution in [1.29, 1.82) is 0 Å². The van der Waals surface area contributed by atoms with E-state index in [0.717, 1.165) is 0 Å². The topological polar surface area (TPSA) is 87.8 Å². The molecule has 0 aliphatic rings. The lowest BCUT2D eigenvalue weighted by molar-refractivity contribution is -0.126. The van der Waals surface area contributed by atoms with Crippen molar-refractivity contribution in [2.24, 2.45) is 5.73 Å². The number of halogens is 1. The molecule has 0 spiro atoms. The average Bonchev–Trinajstić information content (AvgIpc) is 2.37. The molecule has 0 rings (SSSR count). The first-order chi connectivity index (χ1) is 8.82. The third-order valence-corrected chi connectivity index (χ3v) is 4.92. The van der Waals surface area contributed by atoms with E-state index in [0.29, 0.717) is 0 Å². The fraction of sp³-hybridized carbons (Fsp3) is 0.909. The number of ether oxygens (including phenoxy) is 2. The zero-order valence-corrected chi connectivity index (χ0v) is 12.7. The molecule has 6 nitrogen and oxygen atoms in total. The van der Waals surface area contributed by atoms with Gasteiger partial charge in [-0.2, -0.15) is 0 Å². The van der Waals surface area contributed by atoms with E-state index in [2.05, 4.69) is 0 Å². The lowest BCUT2D eigenvalue weighted by atomic mass is 10.2. The lowest BCUT2D eigenvalue weighted by Gasteiger charge is -2.29. The van der Waals surface area contributed by atoms with Gasteiger partial charge in [0.15, 0.2) is 0 Å². The Balaban J connectivity index is 4.92. The average molecular weight is 299 g/mol. The van der Waals surface area contributed by atoms with E-state index in [1.807, 2.05) is 0 Å². The van der Waals surface area contributed by atoms with E-state index < -0.39 is 31.6 Å². The third-order valence-electron chi connectivity index (χ3n) is 2.41. The molecule has 19 heavy (non-hydrogen) atoms. The molecular formula is C11H23FNO5P. The predicted molar refractivity (Wildman–Crippen MR) is 69.8 cm³/mol. The van der Waals surface area contributed by atoms with Crippen LogP contribution in [0.3, 0.4) is 0 Å². The molecule has 0 heterocycles. The van der Waals surface area contributed by atoms with Crippen LogP contribution in [0.15, 0.2) is 0 Å². The molecule has 0 aromatic carbocycles. The Morgan fingerprint density at radius 2 is 1.74 bits per heavy atom. The highest BCUT2D eigenvalue weighted by atomic mass is 31.2. The molecule has 0 aliphatic heterocycles. The monoisotopic (exact) mass is 299 g/mol. The summed E-state index contributed by atoms with van der Waals surface area (Å²) in [7, 11) is -3.39. The Morgan fingerprint density at radius 1 is 1.26 bits per heavy atom. The van der Waals surface area contributed by atoms with Crippen molar-refractivity contribution in [2.75, 3.05) is 19.4 Å². The summed E-state index contributed by atoms with van der Waals surface area (Å²) in [6.45, 7) is 6.92. The van der Waals surface area contributed by atoms with Crippen LogP contribution < -0.4 is 5.73 Å². The van der Waals surface area contributed by atoms with Gasteiger partial charge >= 0.3 is 0 Å². The maximum absolute atomic E-state index is 13.4. The molecule has 0 radical (unpaired) electrons. The summed E-state index contributed by atoms with van der Waals surface area (Å²) in [5, 5.41) is 0. The zero-order chi connectivity index (χ0) is 15.1. The second-order valence-corrected chi connectivity index (χ2v) is 6.59. The zero-order valence-electron chi connectivity index (χ0n) is 11.8. The van der Waals surface area contributed by atoms with Crippen LogP contribution in [0.5, 0.6) is 0 Å². The second kappa shape index (κ2) is 8.64. The van der Waals surface area contributed by atoms with E-state index in [4.69, 9.17) is 19.7 Å². The van der Waals surface area contributed by atoms with Crippen LogP contribution in [-0.2, 0) is 23.4 Å². The fourth-order valence-corrected chi connectivity index (χ4v) is 3.37. The van der Waals surface area contributed by atoms with Gasteiger partial charge in [0, 0.05) is 19.4 Å². The van der Waals surface area contributed by atoms with Crippen molar-refractivity contribution in [2.45, 2.75) is 46.0 Å². The number of carbonyl (C=O) groups is 1. The minimum Gasteiger partial charge on any atom is -0.367 e. The second-order valence-electron chi connectivity index (χ2n) is 3.87. The minimum atomic E-state index is -3.39. The molecule has 0 aliphatic carbocycles. The molecule has 0 aromatic heterocycles. The van der Waals surface area contributed by atoms with Crippen LogP contribution >= 0.6 is 7.37 Å². The summed E-state index contributed by atoms with van der Waals surface area (Å²) in [5.41, 5.74) is 4.84. The molecule has 0 bridgehead atoms. The first-order valence-electron chi connectivity index (χ1n) is 6.26. The van der Waals surface area contributed by atoms with Gasteiger partial charge in [-0.15, -0.1) is 0 Å². The van der Waals surface area contributed by atoms with Gasteiger partial charge in [0.2, 0.25) is 12.2 Å². The van der Waals surface area contributed by atoms with E-state index in [9.17, 15) is 13.8 Å². The number of nitrogens with two attached hydrogens (primary N) is 1. The van der Waals surface area contributed by atoms with Gasteiger partial charge in [0.1, 0.15) is 6.10 Å². The van der Waals surface area contributed by atoms with Crippen LogP contribution in [0.2, 0.25) is 0 Å². The smallest absolute Gasteiger partial charge is 0.257 e. The highest BCUT2D eigenvalue weighted by Gasteiger charge is 2.38. The van der Waals surface area contributed by atoms with Gasteiger partial charge in [0.25, 0.3) is 13.3 Å². The summed E-state index contributed by atoms with van der Waals surface area (Å²) >= 11 is 0. The number of amides is 1. The molecule has 0 saturated carbocycles. The molecule has 0 fully saturated rings. The highest BCUT2D eigenvalue weighted by Crippen LogP contribution is 2.53. The Labute approximate surface area is 113 Å². The van der Waals surface area contributed by atoms with E-state index in [1.54, 1.807) is 20.8 Å². The van der Waals surface area contributed by atoms with Gasteiger partial charge in [-0.1, -0.05) is 6.92 Å². The van der Waals surface area contributed by atoms with Crippen molar-refractivity contribution in [3.05, 3.63) is 0 Å². The number of carbonyl (C=O) groups excluding carboxylic acids is 1. The lowest BCUT2D eigenvalue weighted by Crippen LogP contribution is -2.36. The van der Waals surface area contributed by atoms with Crippen molar-refractivity contribution in [3.63, 3.8) is 0 Å². The van der Waals surface area contributed by atoms with E-state index >= 15 is 0 Å². The van der Waals surface area contributed by atoms with Gasteiger partial charge in [-0.3, -0.25) is 9.36 Å². The summed E-state index contributed by atoms with van der Waals surface area (Å²) < 4.78 is 41.7. The first-order valence-corrected chi connectivity index (χ1v) is 8.13. The summed E-state index contributed by atoms with van der Waals surface area (Å²) in [6, 6.07) is -1.06. The fourth-order valence-electron chi connectivity index (χ4n) is 1.40. The largest absolute Gasteiger partial charge is 0.367 e. The Morgan fingerprint density at radius 3 is 2.05 bits per heavy atom. The summed E-state index contributed by atoms with van der Waals surface area (Å²) in [4.78, 5) is 10.8. The Bertz CT molecular complexity index is 322. The summed E-state index contributed by atoms with van der Waals surface area (Å²) in [5.74, 6) is -1.15. The van der Waals surface area contributed by atoms with Crippen LogP contribution in [0.1, 0.15) is 27.7 Å². The number of alkyl halides is 1. The van der Waals surface area contributed by atoms with Crippen molar-refractivity contribution in [3.8, 4) is 0 Å². The van der Waals surface area contributed by atoms with Gasteiger partial charge in [0.05, 0.1) is 0 Å². The van der Waals surface area contributed by atoms with Gasteiger partial charge in [-0.05, 0) is 20.8 Å². The molecule has 8 heteroatoms. The molecule has 0 aromatic rings. The number of hydrogen-bond donors (Lipinski definition) is 1. The molecule has 114 valence electrons. The number of rotatable bonds is 10. The molecule has 1 amide bonds. The molecule has 0 saturated heterocycles. The molecular weight excluding hydrogens is 276 g/mol. The first kappa shape index (κ1) is 18.5. The highest BCUT2D eigenvalue weighted by molar-refractivity contribution is 7.59. The van der Waals surface area contributed by atoms with E-state index in [1.165, 1.54) is 6.92 Å². The summed E-state index contributed by atoms with van der Waals surface area (Å²) in [6.07, 6.45) is -3.14. The van der Waals surface area contributed by atoms with Crippen LogP contribution in [0, 0.1) is 0 Å². The maximum atomic E-state index is 13.4. The predicted octanol–water partition coefficient (Wildman–Crippen LogP) is 1.87. The molecule has 3 unspecified atom stereocenters. The van der Waals surface area contributed by atoms with Crippen LogP contribution in [-0.4, -0.2) is 43.6 Å². The van der Waals surface area contributed by atoms with Crippen molar-refractivity contribution in [1.82, 2.24) is 0 Å². The Hall–Kier alpha value is -0.490. The van der Waals surface area contributed by atoms with Crippen LogP contribution in [0.4, 0.5) is 4.39 Å². The third kappa shape index (κ3) is 5.57. The van der Waals surface area contributed by atoms with Gasteiger partial charge < -0.3 is 19.7 Å². The standard InChI is InChI=1S/C11H23FNO5P/c1-5-16-11(17-6-2)19(15,7-3)18-8(4)9(12)10(13)14/h8-9,11H,5-7H2,1-4H3,(H2,13,14). The SMILES string of the molecule is CCOC(OCC)P(=O)(CC)OC(C)C(F)C(N)=O. The van der Waals surface area contributed by atoms with Gasteiger partial charge in [-0.25, -0.2) is 4.39 Å². The quantitative estimate of drug-likeness (QED) is 0.491. The van der Waals surface area contributed by atoms with Crippen molar-refractivity contribution >= 4 is 13.3 Å². The normalized spacial score (nSPS) is 18.0. The minimum absolute atomic E-state index is 0.105. The maximum Gasteiger partial charge on any atom is 0.257 e. The Kier molecular flexibility index (Phi) is 8.41. The molecule has 3 atom stereocenters. The van der Waals surface area contributed by atoms with Crippen molar-refractivity contribution < 1.29 is 27.7 Å². The number of primary amides is 1. The van der Waals surface area contributed by atoms with E-state index in [-0.39, 0.29) is 19.4 Å².